The van der Waals surface area contributed by atoms with Crippen LogP contribution in [0, 0.1) is 6.92 Å². The predicted molar refractivity (Wildman–Crippen MR) is 59.7 cm³/mol. The van der Waals surface area contributed by atoms with Gasteiger partial charge in [0.2, 0.25) is 0 Å². The van der Waals surface area contributed by atoms with Gasteiger partial charge in [-0.05, 0) is 50.9 Å². The van der Waals surface area contributed by atoms with E-state index in [0.29, 0.717) is 0 Å². The number of fused-ring (bicyclic) bond motifs is 1. The monoisotopic (exact) mass is 300 g/mol. The minimum absolute atomic E-state index is 0.798. The number of halogens is 2. The van der Waals surface area contributed by atoms with Gasteiger partial charge >= 0.3 is 0 Å². The van der Waals surface area contributed by atoms with Gasteiger partial charge in [-0.1, -0.05) is 6.07 Å². The molecule has 2 nitrogen and oxygen atoms in total. The Bertz CT molecular complexity index is 468. The molecule has 0 bridgehead atoms. The Morgan fingerprint density at radius 1 is 1.15 bits per heavy atom. The van der Waals surface area contributed by atoms with Crippen LogP contribution < -0.4 is 0 Å². The molecule has 0 amide bonds. The fourth-order valence-corrected chi connectivity index (χ4v) is 1.82. The third-order valence-electron chi connectivity index (χ3n) is 1.76. The molecular formula is C9H6Br2N2. The third kappa shape index (κ3) is 1.60. The van der Waals surface area contributed by atoms with Crippen LogP contribution in [0.5, 0.6) is 0 Å². The molecule has 2 aromatic rings. The van der Waals surface area contributed by atoms with Crippen LogP contribution in [-0.4, -0.2) is 9.97 Å². The number of benzene rings is 1. The molecule has 0 aliphatic carbocycles. The molecule has 0 spiro atoms. The number of hydrogen-bond acceptors (Lipinski definition) is 2. The van der Waals surface area contributed by atoms with Crippen LogP contribution in [0.1, 0.15) is 5.69 Å². The summed E-state index contributed by atoms with van der Waals surface area (Å²) in [5.74, 6) is 0. The molecule has 13 heavy (non-hydrogen) atoms. The number of para-hydroxylation sites is 1. The van der Waals surface area contributed by atoms with Crippen LogP contribution in [0.15, 0.2) is 27.3 Å². The third-order valence-corrected chi connectivity index (χ3v) is 3.15. The molecule has 1 aromatic carbocycles. The van der Waals surface area contributed by atoms with E-state index in [1.54, 1.807) is 0 Å². The Morgan fingerprint density at radius 2 is 1.92 bits per heavy atom. The summed E-state index contributed by atoms with van der Waals surface area (Å²) in [7, 11) is 0. The molecule has 0 atom stereocenters. The largest absolute Gasteiger partial charge is 0.249 e. The summed E-state index contributed by atoms with van der Waals surface area (Å²) >= 11 is 6.79. The molecule has 1 heterocycles. The molecule has 1 aromatic heterocycles. The molecule has 4 heteroatoms. The van der Waals surface area contributed by atoms with Gasteiger partial charge in [-0.3, -0.25) is 0 Å². The van der Waals surface area contributed by atoms with Gasteiger partial charge in [0.15, 0.2) is 0 Å². The first-order valence-corrected chi connectivity index (χ1v) is 5.35. The van der Waals surface area contributed by atoms with Crippen molar-refractivity contribution >= 4 is 42.9 Å². The highest BCUT2D eigenvalue weighted by Crippen LogP contribution is 2.23. The van der Waals surface area contributed by atoms with Crippen molar-refractivity contribution in [1.29, 1.82) is 0 Å². The molecule has 66 valence electrons. The molecule has 0 saturated heterocycles. The molecule has 2 rings (SSSR count). The second-order valence-electron chi connectivity index (χ2n) is 2.71. The quantitative estimate of drug-likeness (QED) is 0.745. The first kappa shape index (κ1) is 9.09. The molecule has 0 saturated carbocycles. The highest BCUT2D eigenvalue weighted by Gasteiger charge is 2.04. The number of nitrogens with zero attached hydrogens (tertiary/aromatic N) is 2. The first-order chi connectivity index (χ1) is 6.18. The highest BCUT2D eigenvalue weighted by molar-refractivity contribution is 9.11. The molecule has 0 aliphatic heterocycles. The first-order valence-electron chi connectivity index (χ1n) is 3.77. The standard InChI is InChI=1S/C9H6Br2N2/c1-5-9(11)13-8-6(10)3-2-4-7(8)12-5/h2-4H,1H3. The maximum absolute atomic E-state index is 4.40. The summed E-state index contributed by atoms with van der Waals surface area (Å²) in [6, 6.07) is 5.86. The summed E-state index contributed by atoms with van der Waals surface area (Å²) in [4.78, 5) is 8.78. The van der Waals surface area contributed by atoms with Gasteiger partial charge < -0.3 is 0 Å². The van der Waals surface area contributed by atoms with E-state index < -0.39 is 0 Å². The average molecular weight is 302 g/mol. The highest BCUT2D eigenvalue weighted by atomic mass is 79.9. The van der Waals surface area contributed by atoms with Gasteiger partial charge in [0.25, 0.3) is 0 Å². The number of hydrogen-bond donors (Lipinski definition) is 0. The van der Waals surface area contributed by atoms with E-state index in [9.17, 15) is 0 Å². The van der Waals surface area contributed by atoms with Crippen molar-refractivity contribution in [3.8, 4) is 0 Å². The van der Waals surface area contributed by atoms with Gasteiger partial charge in [0, 0.05) is 4.47 Å². The van der Waals surface area contributed by atoms with Crippen LogP contribution >= 0.6 is 31.9 Å². The van der Waals surface area contributed by atoms with Crippen LogP contribution in [0.2, 0.25) is 0 Å². The Balaban J connectivity index is 2.89. The van der Waals surface area contributed by atoms with Gasteiger partial charge in [-0.2, -0.15) is 0 Å². The number of aryl methyl sites for hydroxylation is 1. The normalized spacial score (nSPS) is 10.7. The van der Waals surface area contributed by atoms with E-state index in [2.05, 4.69) is 41.8 Å². The summed E-state index contributed by atoms with van der Waals surface area (Å²) in [5, 5.41) is 0. The van der Waals surface area contributed by atoms with E-state index in [-0.39, 0.29) is 0 Å². The van der Waals surface area contributed by atoms with Crippen molar-refractivity contribution in [2.45, 2.75) is 6.92 Å². The molecule has 0 N–H and O–H groups in total. The zero-order chi connectivity index (χ0) is 9.42. The van der Waals surface area contributed by atoms with Crippen molar-refractivity contribution in [3.05, 3.63) is 33.0 Å². The second kappa shape index (κ2) is 3.35. The zero-order valence-corrected chi connectivity index (χ0v) is 10.1. The summed E-state index contributed by atoms with van der Waals surface area (Å²) in [6.07, 6.45) is 0. The smallest absolute Gasteiger partial charge is 0.128 e. The van der Waals surface area contributed by atoms with Gasteiger partial charge in [0.1, 0.15) is 10.1 Å². The van der Waals surface area contributed by atoms with Crippen LogP contribution in [0.25, 0.3) is 11.0 Å². The van der Waals surface area contributed by atoms with Crippen molar-refractivity contribution in [1.82, 2.24) is 9.97 Å². The Kier molecular flexibility index (Phi) is 2.34. The zero-order valence-electron chi connectivity index (χ0n) is 6.88. The topological polar surface area (TPSA) is 25.8 Å². The minimum Gasteiger partial charge on any atom is -0.249 e. The van der Waals surface area contributed by atoms with Gasteiger partial charge in [-0.25, -0.2) is 9.97 Å². The van der Waals surface area contributed by atoms with E-state index in [1.807, 2.05) is 25.1 Å². The Hall–Kier alpha value is -0.480. The molecule has 0 aliphatic rings. The second-order valence-corrected chi connectivity index (χ2v) is 4.31. The number of rotatable bonds is 0. The van der Waals surface area contributed by atoms with Crippen molar-refractivity contribution in [2.75, 3.05) is 0 Å². The maximum Gasteiger partial charge on any atom is 0.128 e. The van der Waals surface area contributed by atoms with E-state index in [4.69, 9.17) is 0 Å². The van der Waals surface area contributed by atoms with E-state index in [1.165, 1.54) is 0 Å². The van der Waals surface area contributed by atoms with Crippen molar-refractivity contribution in [2.24, 2.45) is 0 Å². The predicted octanol–water partition coefficient (Wildman–Crippen LogP) is 3.46. The van der Waals surface area contributed by atoms with Gasteiger partial charge in [0.05, 0.1) is 11.2 Å². The minimum atomic E-state index is 0.798. The lowest BCUT2D eigenvalue weighted by atomic mass is 10.3. The van der Waals surface area contributed by atoms with E-state index >= 15 is 0 Å². The molecule has 0 radical (unpaired) electrons. The fourth-order valence-electron chi connectivity index (χ4n) is 1.11. The fraction of sp³-hybridized carbons (Fsp3) is 0.111. The molecule has 0 unspecified atom stereocenters. The Morgan fingerprint density at radius 3 is 2.69 bits per heavy atom. The lowest BCUT2D eigenvalue weighted by Gasteiger charge is -2.01. The lowest BCUT2D eigenvalue weighted by molar-refractivity contribution is 1.15. The summed E-state index contributed by atoms with van der Waals surface area (Å²) < 4.78 is 1.77. The van der Waals surface area contributed by atoms with Crippen LogP contribution in [0.3, 0.4) is 0 Å². The van der Waals surface area contributed by atoms with Crippen LogP contribution in [-0.2, 0) is 0 Å². The van der Waals surface area contributed by atoms with Gasteiger partial charge in [-0.15, -0.1) is 0 Å². The summed E-state index contributed by atoms with van der Waals surface area (Å²) in [5.41, 5.74) is 2.71. The number of aromatic nitrogens is 2. The SMILES string of the molecule is Cc1nc2cccc(Br)c2nc1Br. The van der Waals surface area contributed by atoms with Crippen molar-refractivity contribution < 1.29 is 0 Å². The summed E-state index contributed by atoms with van der Waals surface area (Å²) in [6.45, 7) is 1.93. The molecular weight excluding hydrogens is 296 g/mol. The molecule has 0 fully saturated rings. The Labute approximate surface area is 92.7 Å². The van der Waals surface area contributed by atoms with E-state index in [0.717, 1.165) is 25.8 Å². The maximum atomic E-state index is 4.40. The van der Waals surface area contributed by atoms with Crippen molar-refractivity contribution in [3.63, 3.8) is 0 Å². The average Bonchev–Trinajstić information content (AvgIpc) is 2.09. The lowest BCUT2D eigenvalue weighted by Crippen LogP contribution is -1.90. The van der Waals surface area contributed by atoms with Crippen LogP contribution in [0.4, 0.5) is 0 Å².